The van der Waals surface area contributed by atoms with Crippen LogP contribution in [-0.4, -0.2) is 65.2 Å². The fraction of sp³-hybridized carbons (Fsp3) is 0.565. The predicted octanol–water partition coefficient (Wildman–Crippen LogP) is 2.18. The highest BCUT2D eigenvalue weighted by atomic mass is 16.6. The van der Waals surface area contributed by atoms with Gasteiger partial charge in [-0.15, -0.1) is 0 Å². The van der Waals surface area contributed by atoms with Crippen LogP contribution in [0, 0.1) is 6.92 Å². The molecule has 10 nitrogen and oxygen atoms in total. The lowest BCUT2D eigenvalue weighted by Crippen LogP contribution is -2.54. The number of nitrogens with one attached hydrogen (secondary N) is 2. The lowest BCUT2D eigenvalue weighted by atomic mass is 9.99. The van der Waals surface area contributed by atoms with E-state index < -0.39 is 47.6 Å². The molecule has 1 aromatic carbocycles. The number of rotatable bonds is 8. The van der Waals surface area contributed by atoms with Crippen molar-refractivity contribution in [3.05, 3.63) is 29.3 Å². The smallest absolute Gasteiger partial charge is 0.408 e. The highest BCUT2D eigenvalue weighted by molar-refractivity contribution is 5.93. The molecule has 0 saturated heterocycles. The fourth-order valence-corrected chi connectivity index (χ4v) is 3.06. The molecule has 33 heavy (non-hydrogen) atoms. The number of amides is 3. The van der Waals surface area contributed by atoms with E-state index in [9.17, 15) is 24.3 Å². The van der Waals surface area contributed by atoms with Gasteiger partial charge in [-0.25, -0.2) is 4.79 Å². The van der Waals surface area contributed by atoms with Crippen molar-refractivity contribution < 1.29 is 33.8 Å². The van der Waals surface area contributed by atoms with Crippen molar-refractivity contribution in [3.8, 4) is 5.75 Å². The number of hydrogen-bond acceptors (Lipinski definition) is 7. The number of hydrogen-bond donors (Lipinski definition) is 3. The molecule has 2 unspecified atom stereocenters. The molecule has 0 aliphatic rings. The van der Waals surface area contributed by atoms with Crippen LogP contribution in [-0.2, 0) is 23.9 Å². The third kappa shape index (κ3) is 8.28. The van der Waals surface area contributed by atoms with Gasteiger partial charge in [0.1, 0.15) is 30.0 Å². The number of phenolic OH excluding ortho intramolecular Hbond substituents is 1. The summed E-state index contributed by atoms with van der Waals surface area (Å²) in [6.45, 7) is 11.3. The first-order chi connectivity index (χ1) is 15.2. The zero-order chi connectivity index (χ0) is 25.5. The van der Waals surface area contributed by atoms with Crippen molar-refractivity contribution in [1.29, 1.82) is 0 Å². The van der Waals surface area contributed by atoms with Gasteiger partial charge in [0.05, 0.1) is 7.11 Å². The second-order valence-corrected chi connectivity index (χ2v) is 8.95. The van der Waals surface area contributed by atoms with E-state index in [-0.39, 0.29) is 12.3 Å². The summed E-state index contributed by atoms with van der Waals surface area (Å²) in [6, 6.07) is 1.95. The molecule has 10 heteroatoms. The molecular formula is C23H35N3O7. The summed E-state index contributed by atoms with van der Waals surface area (Å²) in [7, 11) is 1.20. The molecule has 0 bridgehead atoms. The first kappa shape index (κ1) is 27.7. The number of methoxy groups -OCH3 is 1. The average Bonchev–Trinajstić information content (AvgIpc) is 2.69. The van der Waals surface area contributed by atoms with Crippen LogP contribution in [0.4, 0.5) is 4.79 Å². The van der Waals surface area contributed by atoms with E-state index >= 15 is 0 Å². The number of esters is 1. The molecule has 0 radical (unpaired) electrons. The Morgan fingerprint density at radius 2 is 1.73 bits per heavy atom. The van der Waals surface area contributed by atoms with Gasteiger partial charge in [-0.2, -0.15) is 0 Å². The van der Waals surface area contributed by atoms with Gasteiger partial charge in [0.25, 0.3) is 0 Å². The topological polar surface area (TPSA) is 134 Å². The SMILES string of the molecule is COC(=O)CNC(=O)C(c1ccc(O)c(C)c1)N(C(=O)C(C)NC(=O)OC(C)(C)C)C(C)C. The second-order valence-electron chi connectivity index (χ2n) is 8.95. The monoisotopic (exact) mass is 465 g/mol. The van der Waals surface area contributed by atoms with Crippen molar-refractivity contribution >= 4 is 23.9 Å². The highest BCUT2D eigenvalue weighted by Gasteiger charge is 2.36. The number of phenols is 1. The van der Waals surface area contributed by atoms with Crippen molar-refractivity contribution in [1.82, 2.24) is 15.5 Å². The third-order valence-electron chi connectivity index (χ3n) is 4.61. The summed E-state index contributed by atoms with van der Waals surface area (Å²) in [5.74, 6) is -1.75. The quantitative estimate of drug-likeness (QED) is 0.501. The number of nitrogens with zero attached hydrogens (tertiary/aromatic N) is 1. The molecule has 0 saturated carbocycles. The van der Waals surface area contributed by atoms with Crippen molar-refractivity contribution in [2.75, 3.05) is 13.7 Å². The van der Waals surface area contributed by atoms with Crippen LogP contribution in [0.25, 0.3) is 0 Å². The normalized spacial score (nSPS) is 13.0. The Morgan fingerprint density at radius 1 is 1.12 bits per heavy atom. The van der Waals surface area contributed by atoms with Crippen LogP contribution in [0.5, 0.6) is 5.75 Å². The zero-order valence-corrected chi connectivity index (χ0v) is 20.5. The highest BCUT2D eigenvalue weighted by Crippen LogP contribution is 2.28. The minimum absolute atomic E-state index is 0.0369. The van der Waals surface area contributed by atoms with E-state index in [1.165, 1.54) is 31.1 Å². The molecule has 3 N–H and O–H groups in total. The molecule has 184 valence electrons. The Morgan fingerprint density at radius 3 is 2.21 bits per heavy atom. The van der Waals surface area contributed by atoms with Gasteiger partial charge in [0.2, 0.25) is 11.8 Å². The van der Waals surface area contributed by atoms with E-state index in [4.69, 9.17) is 4.74 Å². The number of alkyl carbamates (subject to hydrolysis) is 1. The van der Waals surface area contributed by atoms with Crippen LogP contribution in [0.15, 0.2) is 18.2 Å². The Labute approximate surface area is 194 Å². The molecule has 0 fully saturated rings. The van der Waals surface area contributed by atoms with Crippen LogP contribution in [0.1, 0.15) is 58.7 Å². The van der Waals surface area contributed by atoms with Crippen molar-refractivity contribution in [2.45, 2.75) is 72.2 Å². The van der Waals surface area contributed by atoms with Crippen LogP contribution in [0.2, 0.25) is 0 Å². The number of ether oxygens (including phenoxy) is 2. The molecule has 2 atom stereocenters. The van der Waals surface area contributed by atoms with Gasteiger partial charge in [-0.1, -0.05) is 6.07 Å². The molecule has 0 aromatic heterocycles. The maximum absolute atomic E-state index is 13.4. The average molecular weight is 466 g/mol. The predicted molar refractivity (Wildman–Crippen MR) is 121 cm³/mol. The lowest BCUT2D eigenvalue weighted by Gasteiger charge is -2.36. The van der Waals surface area contributed by atoms with Gasteiger partial charge in [-0.3, -0.25) is 14.4 Å². The van der Waals surface area contributed by atoms with Crippen LogP contribution >= 0.6 is 0 Å². The number of carbonyl (C=O) groups excluding carboxylic acids is 4. The van der Waals surface area contributed by atoms with Gasteiger partial charge in [-0.05, 0) is 71.7 Å². The minimum Gasteiger partial charge on any atom is -0.508 e. The number of aryl methyl sites for hydroxylation is 1. The van der Waals surface area contributed by atoms with E-state index in [0.29, 0.717) is 11.1 Å². The van der Waals surface area contributed by atoms with E-state index in [2.05, 4.69) is 15.4 Å². The summed E-state index contributed by atoms with van der Waals surface area (Å²) < 4.78 is 9.79. The Balaban J connectivity index is 3.32. The van der Waals surface area contributed by atoms with E-state index in [0.717, 1.165) is 0 Å². The molecule has 1 rings (SSSR count). The van der Waals surface area contributed by atoms with Crippen LogP contribution in [0.3, 0.4) is 0 Å². The summed E-state index contributed by atoms with van der Waals surface area (Å²) >= 11 is 0. The minimum atomic E-state index is -1.13. The molecule has 0 heterocycles. The summed E-state index contributed by atoms with van der Waals surface area (Å²) in [5.41, 5.74) is 0.193. The van der Waals surface area contributed by atoms with Crippen molar-refractivity contribution in [3.63, 3.8) is 0 Å². The fourth-order valence-electron chi connectivity index (χ4n) is 3.06. The maximum atomic E-state index is 13.4. The molecule has 0 spiro atoms. The second kappa shape index (κ2) is 11.5. The third-order valence-corrected chi connectivity index (χ3v) is 4.61. The molecule has 3 amide bonds. The molecule has 1 aromatic rings. The Kier molecular flexibility index (Phi) is 9.69. The summed E-state index contributed by atoms with van der Waals surface area (Å²) in [5, 5.41) is 14.9. The van der Waals surface area contributed by atoms with Gasteiger partial charge >= 0.3 is 12.1 Å². The van der Waals surface area contributed by atoms with Crippen molar-refractivity contribution in [2.24, 2.45) is 0 Å². The number of aromatic hydroxyl groups is 1. The van der Waals surface area contributed by atoms with Gasteiger partial charge < -0.3 is 30.1 Å². The molecule has 0 aliphatic carbocycles. The van der Waals surface area contributed by atoms with Gasteiger partial charge in [0, 0.05) is 6.04 Å². The standard InChI is InChI=1S/C23H35N3O7/c1-13(2)26(21(30)15(4)25-22(31)33-23(5,6)7)19(20(29)24-12-18(28)32-8)16-9-10-17(27)14(3)11-16/h9-11,13,15,19,27H,12H2,1-8H3,(H,24,29)(H,25,31). The van der Waals surface area contributed by atoms with E-state index in [1.807, 2.05) is 0 Å². The summed E-state index contributed by atoms with van der Waals surface area (Å²) in [6.07, 6.45) is -0.765. The van der Waals surface area contributed by atoms with Crippen LogP contribution < -0.4 is 10.6 Å². The number of carbonyl (C=O) groups is 4. The van der Waals surface area contributed by atoms with E-state index in [1.54, 1.807) is 47.6 Å². The maximum Gasteiger partial charge on any atom is 0.408 e. The van der Waals surface area contributed by atoms with Gasteiger partial charge in [0.15, 0.2) is 0 Å². The first-order valence-corrected chi connectivity index (χ1v) is 10.6. The number of benzene rings is 1. The molecular weight excluding hydrogens is 430 g/mol. The molecule has 0 aliphatic heterocycles. The Bertz CT molecular complexity index is 877. The first-order valence-electron chi connectivity index (χ1n) is 10.6. The largest absolute Gasteiger partial charge is 0.508 e. The zero-order valence-electron chi connectivity index (χ0n) is 20.5. The Hall–Kier alpha value is -3.30. The lowest BCUT2D eigenvalue weighted by molar-refractivity contribution is -0.146. The summed E-state index contributed by atoms with van der Waals surface area (Å²) in [4.78, 5) is 51.6.